The molecule has 5 rings (SSSR count). The number of benzene rings is 2. The maximum absolute atomic E-state index is 14.3. The number of hydrogen-bond donors (Lipinski definition) is 1. The van der Waals surface area contributed by atoms with Gasteiger partial charge in [-0.05, 0) is 77.1 Å². The van der Waals surface area contributed by atoms with Crippen molar-refractivity contribution < 1.29 is 18.0 Å². The number of amides is 1. The number of fused-ring (bicyclic) bond motifs is 1. The molecule has 1 heterocycles. The van der Waals surface area contributed by atoms with Crippen molar-refractivity contribution in [3.8, 4) is 0 Å². The fraction of sp³-hybridized carbons (Fsp3) is 0.375. The van der Waals surface area contributed by atoms with Gasteiger partial charge in [-0.15, -0.1) is 11.8 Å². The molecule has 0 spiro atoms. The van der Waals surface area contributed by atoms with Crippen molar-refractivity contribution in [2.75, 3.05) is 0 Å². The minimum absolute atomic E-state index is 0.0121. The van der Waals surface area contributed by atoms with Crippen molar-refractivity contribution in [3.05, 3.63) is 74.1 Å². The Morgan fingerprint density at radius 1 is 1.06 bits per heavy atom. The minimum atomic E-state index is -4.49. The van der Waals surface area contributed by atoms with E-state index in [4.69, 9.17) is 23.2 Å². The lowest BCUT2D eigenvalue weighted by Gasteiger charge is -2.32. The van der Waals surface area contributed by atoms with E-state index in [1.54, 1.807) is 5.41 Å². The van der Waals surface area contributed by atoms with Crippen LogP contribution < -0.4 is 5.32 Å². The molecule has 1 N–H and O–H groups in total. The highest BCUT2D eigenvalue weighted by molar-refractivity contribution is 8.03. The van der Waals surface area contributed by atoms with Crippen molar-refractivity contribution in [3.63, 3.8) is 0 Å². The summed E-state index contributed by atoms with van der Waals surface area (Å²) in [6.07, 6.45) is -1.16. The fourth-order valence-electron chi connectivity index (χ4n) is 4.58. The second-order valence-corrected chi connectivity index (χ2v) is 10.7. The van der Waals surface area contributed by atoms with Crippen LogP contribution in [0.2, 0.25) is 10.0 Å². The summed E-state index contributed by atoms with van der Waals surface area (Å²) in [6.45, 7) is 0. The van der Waals surface area contributed by atoms with E-state index in [0.717, 1.165) is 54.1 Å². The Labute approximate surface area is 198 Å². The molecule has 2 atom stereocenters. The molecule has 1 fully saturated rings. The third kappa shape index (κ3) is 3.95. The quantitative estimate of drug-likeness (QED) is 0.475. The summed E-state index contributed by atoms with van der Waals surface area (Å²) in [5, 5.41) is 5.09. The molecule has 1 saturated carbocycles. The zero-order valence-electron chi connectivity index (χ0n) is 16.9. The highest BCUT2D eigenvalue weighted by atomic mass is 35.5. The molecular formula is C24H20Cl2F3NOS. The third-order valence-electron chi connectivity index (χ3n) is 6.48. The van der Waals surface area contributed by atoms with E-state index in [1.165, 1.54) is 18.2 Å². The first kappa shape index (κ1) is 22.2. The van der Waals surface area contributed by atoms with Gasteiger partial charge in [-0.3, -0.25) is 4.79 Å². The predicted octanol–water partition coefficient (Wildman–Crippen LogP) is 7.44. The second kappa shape index (κ2) is 8.00. The van der Waals surface area contributed by atoms with Gasteiger partial charge >= 0.3 is 6.18 Å². The average Bonchev–Trinajstić information content (AvgIpc) is 3.34. The summed E-state index contributed by atoms with van der Waals surface area (Å²) in [7, 11) is 0. The lowest BCUT2D eigenvalue weighted by atomic mass is 9.88. The van der Waals surface area contributed by atoms with E-state index >= 15 is 0 Å². The van der Waals surface area contributed by atoms with Crippen molar-refractivity contribution in [1.82, 2.24) is 5.32 Å². The van der Waals surface area contributed by atoms with Gasteiger partial charge in [0.2, 0.25) is 5.91 Å². The smallest absolute Gasteiger partial charge is 0.349 e. The molecule has 2 aromatic carbocycles. The second-order valence-electron chi connectivity index (χ2n) is 8.71. The van der Waals surface area contributed by atoms with Gasteiger partial charge in [-0.1, -0.05) is 41.4 Å². The molecule has 0 saturated heterocycles. The SMILES string of the molecule is O=C(NC1CCc2cc(C3=CSC(c4cc(Cl)cc(Cl)c4)(C(F)(F)F)C3)ccc21)C1CC1. The van der Waals surface area contributed by atoms with Gasteiger partial charge in [-0.25, -0.2) is 0 Å². The van der Waals surface area contributed by atoms with Crippen LogP contribution in [0.25, 0.3) is 5.57 Å². The maximum atomic E-state index is 14.3. The number of rotatable bonds is 4. The number of nitrogens with one attached hydrogen (secondary N) is 1. The highest BCUT2D eigenvalue weighted by Gasteiger charge is 2.58. The normalized spacial score (nSPS) is 24.9. The van der Waals surface area contributed by atoms with Crippen molar-refractivity contribution in [1.29, 1.82) is 0 Å². The molecule has 3 aliphatic rings. The van der Waals surface area contributed by atoms with Crippen LogP contribution in [0, 0.1) is 5.92 Å². The van der Waals surface area contributed by atoms with Crippen LogP contribution in [0.1, 0.15) is 54.0 Å². The Hall–Kier alpha value is -1.63. The van der Waals surface area contributed by atoms with Crippen LogP contribution in [0.4, 0.5) is 13.2 Å². The van der Waals surface area contributed by atoms with Gasteiger partial charge in [0.15, 0.2) is 0 Å². The molecule has 32 heavy (non-hydrogen) atoms. The van der Waals surface area contributed by atoms with E-state index in [1.807, 2.05) is 18.2 Å². The molecule has 8 heteroatoms. The van der Waals surface area contributed by atoms with Crippen molar-refractivity contribution >= 4 is 46.4 Å². The summed E-state index contributed by atoms with van der Waals surface area (Å²) in [6, 6.07) is 9.91. The number of allylic oxidation sites excluding steroid dienone is 1. The van der Waals surface area contributed by atoms with E-state index in [-0.39, 0.29) is 39.9 Å². The van der Waals surface area contributed by atoms with Gasteiger partial charge in [-0.2, -0.15) is 13.2 Å². The summed E-state index contributed by atoms with van der Waals surface area (Å²) in [4.78, 5) is 12.1. The molecule has 2 unspecified atom stereocenters. The summed E-state index contributed by atoms with van der Waals surface area (Å²) >= 11 is 12.8. The molecule has 0 radical (unpaired) electrons. The highest BCUT2D eigenvalue weighted by Crippen LogP contribution is 2.60. The van der Waals surface area contributed by atoms with E-state index < -0.39 is 10.9 Å². The minimum Gasteiger partial charge on any atom is -0.349 e. The number of aryl methyl sites for hydroxylation is 1. The summed E-state index contributed by atoms with van der Waals surface area (Å²) in [5.74, 6) is 0.256. The fourth-order valence-corrected chi connectivity index (χ4v) is 6.30. The number of halogens is 5. The summed E-state index contributed by atoms with van der Waals surface area (Å²) < 4.78 is 40.9. The number of hydrogen-bond acceptors (Lipinski definition) is 2. The van der Waals surface area contributed by atoms with Crippen LogP contribution in [-0.4, -0.2) is 12.1 Å². The Morgan fingerprint density at radius 3 is 2.44 bits per heavy atom. The van der Waals surface area contributed by atoms with Crippen molar-refractivity contribution in [2.24, 2.45) is 5.92 Å². The van der Waals surface area contributed by atoms with Gasteiger partial charge in [0.05, 0.1) is 6.04 Å². The lowest BCUT2D eigenvalue weighted by molar-refractivity contribution is -0.160. The van der Waals surface area contributed by atoms with E-state index in [9.17, 15) is 18.0 Å². The van der Waals surface area contributed by atoms with Gasteiger partial charge in [0.1, 0.15) is 4.75 Å². The molecule has 2 nitrogen and oxygen atoms in total. The van der Waals surface area contributed by atoms with Gasteiger partial charge in [0.25, 0.3) is 0 Å². The molecular weight excluding hydrogens is 478 g/mol. The molecule has 0 bridgehead atoms. The van der Waals surface area contributed by atoms with Crippen LogP contribution >= 0.6 is 35.0 Å². The molecule has 2 aromatic rings. The Balaban J connectivity index is 1.41. The lowest BCUT2D eigenvalue weighted by Crippen LogP contribution is -2.37. The van der Waals surface area contributed by atoms with E-state index in [0.29, 0.717) is 5.57 Å². The average molecular weight is 498 g/mol. The van der Waals surface area contributed by atoms with Crippen LogP contribution in [0.5, 0.6) is 0 Å². The number of carbonyl (C=O) groups excluding carboxylic acids is 1. The topological polar surface area (TPSA) is 29.1 Å². The number of alkyl halides is 3. The van der Waals surface area contributed by atoms with Crippen LogP contribution in [0.3, 0.4) is 0 Å². The molecule has 168 valence electrons. The maximum Gasteiger partial charge on any atom is 0.407 e. The predicted molar refractivity (Wildman–Crippen MR) is 123 cm³/mol. The first-order valence-electron chi connectivity index (χ1n) is 10.5. The van der Waals surface area contributed by atoms with Crippen molar-refractivity contribution in [2.45, 2.75) is 49.1 Å². The molecule has 1 aliphatic heterocycles. The Kier molecular flexibility index (Phi) is 5.54. The zero-order valence-corrected chi connectivity index (χ0v) is 19.3. The Bertz CT molecular complexity index is 1110. The third-order valence-corrected chi connectivity index (χ3v) is 8.34. The first-order chi connectivity index (χ1) is 15.2. The first-order valence-corrected chi connectivity index (χ1v) is 12.1. The van der Waals surface area contributed by atoms with Gasteiger partial charge < -0.3 is 5.32 Å². The van der Waals surface area contributed by atoms with Gasteiger partial charge in [0, 0.05) is 22.4 Å². The Morgan fingerprint density at radius 2 is 1.78 bits per heavy atom. The molecule has 0 aromatic heterocycles. The van der Waals surface area contributed by atoms with E-state index in [2.05, 4.69) is 5.32 Å². The zero-order chi connectivity index (χ0) is 22.7. The molecule has 1 amide bonds. The standard InChI is InChI=1S/C24H20Cl2F3NOS/c25-18-8-17(9-19(26)10-18)23(24(27,28)29)11-16(12-32-23)14-3-5-20-15(7-14)4-6-21(20)30-22(31)13-1-2-13/h3,5,7-10,12-13,21H,1-2,4,6,11H2,(H,30,31). The van der Waals surface area contributed by atoms with Crippen LogP contribution in [-0.2, 0) is 16.0 Å². The van der Waals surface area contributed by atoms with Crippen LogP contribution in [0.15, 0.2) is 41.8 Å². The monoisotopic (exact) mass is 497 g/mol. The largest absolute Gasteiger partial charge is 0.407 e. The number of thioether (sulfide) groups is 1. The summed E-state index contributed by atoms with van der Waals surface area (Å²) in [5.41, 5.74) is 3.63. The molecule has 2 aliphatic carbocycles. The number of carbonyl (C=O) groups is 1.